The summed E-state index contributed by atoms with van der Waals surface area (Å²) < 4.78 is 5.71. The van der Waals surface area contributed by atoms with Crippen LogP contribution in [0, 0.1) is 0 Å². The lowest BCUT2D eigenvalue weighted by Crippen LogP contribution is -2.00. The van der Waals surface area contributed by atoms with Gasteiger partial charge in [-0.25, -0.2) is 9.97 Å². The van der Waals surface area contributed by atoms with E-state index in [-0.39, 0.29) is 0 Å². The normalized spacial score (nSPS) is 10.5. The molecule has 1 aromatic heterocycles. The van der Waals surface area contributed by atoms with Crippen molar-refractivity contribution in [3.05, 3.63) is 42.2 Å². The number of hydrogen-bond acceptors (Lipinski definition) is 4. The van der Waals surface area contributed by atoms with Crippen LogP contribution in [0.5, 0.6) is 11.6 Å². The molecule has 0 aliphatic carbocycles. The molecule has 1 aromatic carbocycles. The van der Waals surface area contributed by atoms with Gasteiger partial charge < -0.3 is 10.1 Å². The lowest BCUT2D eigenvalue weighted by atomic mass is 10.0. The second kappa shape index (κ2) is 6.18. The molecule has 2 aromatic rings. The number of rotatable bonds is 5. The Labute approximate surface area is 113 Å². The monoisotopic (exact) mass is 257 g/mol. The van der Waals surface area contributed by atoms with Gasteiger partial charge in [0.15, 0.2) is 0 Å². The van der Waals surface area contributed by atoms with Crippen molar-refractivity contribution in [2.75, 3.05) is 11.9 Å². The summed E-state index contributed by atoms with van der Waals surface area (Å²) in [5.41, 5.74) is 1.29. The van der Waals surface area contributed by atoms with Crippen LogP contribution in [0.1, 0.15) is 32.3 Å². The predicted octanol–water partition coefficient (Wildman–Crippen LogP) is 3.82. The Morgan fingerprint density at radius 3 is 2.53 bits per heavy atom. The smallest absolute Gasteiger partial charge is 0.224 e. The molecule has 0 aliphatic heterocycles. The molecule has 4 nitrogen and oxygen atoms in total. The minimum Gasteiger partial charge on any atom is -0.439 e. The van der Waals surface area contributed by atoms with Crippen molar-refractivity contribution in [3.8, 4) is 11.6 Å². The van der Waals surface area contributed by atoms with E-state index in [1.165, 1.54) is 11.9 Å². The molecule has 100 valence electrons. The maximum atomic E-state index is 5.71. The molecule has 19 heavy (non-hydrogen) atoms. The van der Waals surface area contributed by atoms with E-state index >= 15 is 0 Å². The van der Waals surface area contributed by atoms with Gasteiger partial charge in [-0.15, -0.1) is 0 Å². The van der Waals surface area contributed by atoms with E-state index in [4.69, 9.17) is 4.74 Å². The molecule has 0 amide bonds. The van der Waals surface area contributed by atoms with Gasteiger partial charge in [-0.05, 0) is 30.5 Å². The van der Waals surface area contributed by atoms with Gasteiger partial charge in [0.25, 0.3) is 0 Å². The number of benzene rings is 1. The first kappa shape index (κ1) is 13.3. The van der Waals surface area contributed by atoms with E-state index in [0.29, 0.717) is 11.8 Å². The van der Waals surface area contributed by atoms with Gasteiger partial charge >= 0.3 is 0 Å². The molecule has 0 unspecified atom stereocenters. The Morgan fingerprint density at radius 1 is 1.16 bits per heavy atom. The average Bonchev–Trinajstić information content (AvgIpc) is 2.40. The van der Waals surface area contributed by atoms with Crippen LogP contribution in [0.3, 0.4) is 0 Å². The summed E-state index contributed by atoms with van der Waals surface area (Å²) in [5.74, 6) is 2.62. The molecule has 1 heterocycles. The van der Waals surface area contributed by atoms with Crippen molar-refractivity contribution in [1.29, 1.82) is 0 Å². The molecular formula is C15H19N3O. The second-order valence-corrected chi connectivity index (χ2v) is 4.60. The van der Waals surface area contributed by atoms with Crippen molar-refractivity contribution in [3.63, 3.8) is 0 Å². The zero-order valence-electron chi connectivity index (χ0n) is 11.6. The third-order valence-corrected chi connectivity index (χ3v) is 2.77. The van der Waals surface area contributed by atoms with Crippen molar-refractivity contribution in [1.82, 2.24) is 9.97 Å². The van der Waals surface area contributed by atoms with Gasteiger partial charge in [-0.2, -0.15) is 0 Å². The molecule has 1 N–H and O–H groups in total. The summed E-state index contributed by atoms with van der Waals surface area (Å²) >= 11 is 0. The molecule has 0 radical (unpaired) electrons. The molecule has 0 saturated heterocycles. The molecule has 0 fully saturated rings. The first-order valence-electron chi connectivity index (χ1n) is 6.52. The molecule has 2 rings (SSSR count). The number of nitrogens with zero attached hydrogens (tertiary/aromatic N) is 2. The minimum absolute atomic E-state index is 0.522. The largest absolute Gasteiger partial charge is 0.439 e. The minimum atomic E-state index is 0.522. The average molecular weight is 257 g/mol. The molecular weight excluding hydrogens is 238 g/mol. The summed E-state index contributed by atoms with van der Waals surface area (Å²) in [5, 5.41) is 3.13. The summed E-state index contributed by atoms with van der Waals surface area (Å²) in [6, 6.07) is 9.87. The SMILES string of the molecule is CCNc1cc(Oc2ccc(C(C)C)cc2)ncn1. The van der Waals surface area contributed by atoms with Crippen LogP contribution in [-0.2, 0) is 0 Å². The summed E-state index contributed by atoms with van der Waals surface area (Å²) in [4.78, 5) is 8.21. The fourth-order valence-electron chi connectivity index (χ4n) is 1.71. The Hall–Kier alpha value is -2.10. The summed E-state index contributed by atoms with van der Waals surface area (Å²) in [6.07, 6.45) is 1.50. The first-order chi connectivity index (χ1) is 9.19. The van der Waals surface area contributed by atoms with Crippen LogP contribution in [-0.4, -0.2) is 16.5 Å². The quantitative estimate of drug-likeness (QED) is 0.884. The van der Waals surface area contributed by atoms with Crippen LogP contribution >= 0.6 is 0 Å². The van der Waals surface area contributed by atoms with E-state index in [2.05, 4.69) is 41.3 Å². The summed E-state index contributed by atoms with van der Waals surface area (Å²) in [6.45, 7) is 7.18. The Balaban J connectivity index is 2.10. The lowest BCUT2D eigenvalue weighted by molar-refractivity contribution is 0.461. The van der Waals surface area contributed by atoms with Crippen LogP contribution in [0.4, 0.5) is 5.82 Å². The fraction of sp³-hybridized carbons (Fsp3) is 0.333. The van der Waals surface area contributed by atoms with Gasteiger partial charge in [-0.1, -0.05) is 26.0 Å². The molecule has 0 atom stereocenters. The van der Waals surface area contributed by atoms with Gasteiger partial charge in [0.2, 0.25) is 5.88 Å². The summed E-state index contributed by atoms with van der Waals surface area (Å²) in [7, 11) is 0. The van der Waals surface area contributed by atoms with Crippen molar-refractivity contribution < 1.29 is 4.74 Å². The maximum Gasteiger partial charge on any atom is 0.224 e. The van der Waals surface area contributed by atoms with Crippen molar-refractivity contribution >= 4 is 5.82 Å². The van der Waals surface area contributed by atoms with E-state index < -0.39 is 0 Å². The van der Waals surface area contributed by atoms with Gasteiger partial charge in [-0.3, -0.25) is 0 Å². The van der Waals surface area contributed by atoms with E-state index in [9.17, 15) is 0 Å². The topological polar surface area (TPSA) is 47.0 Å². The van der Waals surface area contributed by atoms with Crippen LogP contribution < -0.4 is 10.1 Å². The van der Waals surface area contributed by atoms with Gasteiger partial charge in [0.05, 0.1) is 0 Å². The highest BCUT2D eigenvalue weighted by Gasteiger charge is 2.03. The highest BCUT2D eigenvalue weighted by Crippen LogP contribution is 2.23. The van der Waals surface area contributed by atoms with Gasteiger partial charge in [0, 0.05) is 12.6 Å². The Bertz CT molecular complexity index is 523. The van der Waals surface area contributed by atoms with Crippen LogP contribution in [0.2, 0.25) is 0 Å². The number of ether oxygens (including phenoxy) is 1. The van der Waals surface area contributed by atoms with E-state index in [1.807, 2.05) is 19.1 Å². The number of nitrogens with one attached hydrogen (secondary N) is 1. The predicted molar refractivity (Wildman–Crippen MR) is 76.8 cm³/mol. The highest BCUT2D eigenvalue weighted by atomic mass is 16.5. The molecule has 0 saturated carbocycles. The third kappa shape index (κ3) is 3.68. The van der Waals surface area contributed by atoms with Crippen LogP contribution in [0.15, 0.2) is 36.7 Å². The highest BCUT2D eigenvalue weighted by molar-refractivity contribution is 5.39. The molecule has 0 aliphatic rings. The Morgan fingerprint density at radius 2 is 1.89 bits per heavy atom. The standard InChI is InChI=1S/C15H19N3O/c1-4-16-14-9-15(18-10-17-14)19-13-7-5-12(6-8-13)11(2)3/h5-11H,4H2,1-3H3,(H,16,17,18). The zero-order valence-corrected chi connectivity index (χ0v) is 11.6. The van der Waals surface area contributed by atoms with Crippen molar-refractivity contribution in [2.45, 2.75) is 26.7 Å². The number of aromatic nitrogens is 2. The molecule has 4 heteroatoms. The van der Waals surface area contributed by atoms with E-state index in [1.54, 1.807) is 6.07 Å². The third-order valence-electron chi connectivity index (χ3n) is 2.77. The van der Waals surface area contributed by atoms with Gasteiger partial charge in [0.1, 0.15) is 17.9 Å². The molecule has 0 bridgehead atoms. The lowest BCUT2D eigenvalue weighted by Gasteiger charge is -2.08. The molecule has 0 spiro atoms. The second-order valence-electron chi connectivity index (χ2n) is 4.60. The van der Waals surface area contributed by atoms with Crippen molar-refractivity contribution in [2.24, 2.45) is 0 Å². The fourth-order valence-corrected chi connectivity index (χ4v) is 1.71. The van der Waals surface area contributed by atoms with E-state index in [0.717, 1.165) is 18.1 Å². The number of anilines is 1. The maximum absolute atomic E-state index is 5.71. The number of hydrogen-bond donors (Lipinski definition) is 1. The Kier molecular flexibility index (Phi) is 4.34. The zero-order chi connectivity index (χ0) is 13.7. The van der Waals surface area contributed by atoms with Crippen LogP contribution in [0.25, 0.3) is 0 Å². The first-order valence-corrected chi connectivity index (χ1v) is 6.52.